The molecule has 0 spiro atoms. The van der Waals surface area contributed by atoms with Gasteiger partial charge < -0.3 is 19.7 Å². The van der Waals surface area contributed by atoms with E-state index >= 15 is 0 Å². The summed E-state index contributed by atoms with van der Waals surface area (Å²) in [7, 11) is 1.61. The minimum absolute atomic E-state index is 0.0109. The molecule has 1 atom stereocenters. The van der Waals surface area contributed by atoms with E-state index in [0.717, 1.165) is 22.6 Å². The van der Waals surface area contributed by atoms with Crippen LogP contribution in [0.15, 0.2) is 72.8 Å². The molecule has 0 saturated carbocycles. The molecule has 0 bridgehead atoms. The molecule has 5 rings (SSSR count). The Labute approximate surface area is 180 Å². The summed E-state index contributed by atoms with van der Waals surface area (Å²) in [5.41, 5.74) is 2.45. The van der Waals surface area contributed by atoms with E-state index in [1.54, 1.807) is 12.0 Å². The van der Waals surface area contributed by atoms with Gasteiger partial charge in [0.15, 0.2) is 0 Å². The molecule has 2 heterocycles. The smallest absolute Gasteiger partial charge is 0.232 e. The molecule has 2 amide bonds. The molecule has 1 fully saturated rings. The van der Waals surface area contributed by atoms with Crippen LogP contribution in [0.4, 0.5) is 5.69 Å². The fourth-order valence-corrected chi connectivity index (χ4v) is 4.29. The van der Waals surface area contributed by atoms with E-state index in [0.29, 0.717) is 18.0 Å². The molecule has 1 N–H and O–H groups in total. The van der Waals surface area contributed by atoms with Gasteiger partial charge in [0, 0.05) is 29.8 Å². The predicted octanol–water partition coefficient (Wildman–Crippen LogP) is 3.85. The summed E-state index contributed by atoms with van der Waals surface area (Å²) in [6, 6.07) is 22.3. The van der Waals surface area contributed by atoms with Crippen molar-refractivity contribution in [2.75, 3.05) is 18.6 Å². The van der Waals surface area contributed by atoms with E-state index in [-0.39, 0.29) is 24.3 Å². The Kier molecular flexibility index (Phi) is 4.82. The molecule has 2 aliphatic heterocycles. The highest BCUT2D eigenvalue weighted by Gasteiger charge is 2.36. The monoisotopic (exact) mass is 414 g/mol. The fraction of sp³-hybridized carbons (Fsp3) is 0.200. The largest absolute Gasteiger partial charge is 0.497 e. The van der Waals surface area contributed by atoms with Crippen molar-refractivity contribution < 1.29 is 19.1 Å². The van der Waals surface area contributed by atoms with Crippen molar-refractivity contribution in [1.29, 1.82) is 0 Å². The lowest BCUT2D eigenvalue weighted by molar-refractivity contribution is -0.122. The maximum Gasteiger partial charge on any atom is 0.232 e. The number of nitrogens with zero attached hydrogens (tertiary/aromatic N) is 1. The van der Waals surface area contributed by atoms with Crippen molar-refractivity contribution in [2.45, 2.75) is 18.4 Å². The number of hydrogen-bond donors (Lipinski definition) is 1. The van der Waals surface area contributed by atoms with Gasteiger partial charge in [-0.15, -0.1) is 0 Å². The Morgan fingerprint density at radius 3 is 2.19 bits per heavy atom. The zero-order valence-electron chi connectivity index (χ0n) is 17.1. The molecule has 3 aromatic carbocycles. The van der Waals surface area contributed by atoms with Crippen molar-refractivity contribution in [3.05, 3.63) is 83.9 Å². The number of ether oxygens (including phenoxy) is 2. The fourth-order valence-electron chi connectivity index (χ4n) is 4.29. The van der Waals surface area contributed by atoms with Gasteiger partial charge in [-0.05, 0) is 36.4 Å². The van der Waals surface area contributed by atoms with Crippen molar-refractivity contribution in [2.24, 2.45) is 0 Å². The Balaban J connectivity index is 1.37. The van der Waals surface area contributed by atoms with E-state index in [2.05, 4.69) is 5.32 Å². The number of carbonyl (C=O) groups is 2. The van der Waals surface area contributed by atoms with Crippen LogP contribution in [-0.2, 0) is 9.59 Å². The summed E-state index contributed by atoms with van der Waals surface area (Å²) in [5, 5.41) is 3.10. The molecule has 156 valence electrons. The van der Waals surface area contributed by atoms with Gasteiger partial charge in [-0.3, -0.25) is 9.59 Å². The third-order valence-corrected chi connectivity index (χ3v) is 5.80. The topological polar surface area (TPSA) is 67.9 Å². The molecule has 0 radical (unpaired) electrons. The molecule has 2 aliphatic rings. The summed E-state index contributed by atoms with van der Waals surface area (Å²) in [5.74, 6) is 1.48. The standard InChI is InChI=1S/C25H22N2O4/c1-30-18-12-10-17(11-13-18)27-15-16(14-23(27)28)26-25(29)24-19-6-2-4-8-21(19)31-22-9-5-3-7-20(22)24/h2-13,16,24H,14-15H2,1H3,(H,26,29)/t16-/m1/s1. The number of benzene rings is 3. The molecule has 0 unspecified atom stereocenters. The van der Waals surface area contributed by atoms with Crippen LogP contribution < -0.4 is 19.7 Å². The van der Waals surface area contributed by atoms with E-state index in [4.69, 9.17) is 9.47 Å². The van der Waals surface area contributed by atoms with Crippen LogP contribution in [0, 0.1) is 0 Å². The SMILES string of the molecule is COc1ccc(N2C[C@H](NC(=O)C3c4ccccc4Oc4ccccc43)CC2=O)cc1. The lowest BCUT2D eigenvalue weighted by Gasteiger charge is -2.28. The highest BCUT2D eigenvalue weighted by molar-refractivity contribution is 5.97. The zero-order valence-corrected chi connectivity index (χ0v) is 17.1. The molecule has 6 heteroatoms. The van der Waals surface area contributed by atoms with Crippen LogP contribution >= 0.6 is 0 Å². The van der Waals surface area contributed by atoms with Crippen LogP contribution in [0.3, 0.4) is 0 Å². The average molecular weight is 414 g/mol. The van der Waals surface area contributed by atoms with Crippen LogP contribution in [0.25, 0.3) is 0 Å². The van der Waals surface area contributed by atoms with Crippen molar-refractivity contribution in [3.8, 4) is 17.2 Å². The van der Waals surface area contributed by atoms with Crippen LogP contribution in [0.5, 0.6) is 17.2 Å². The molecular formula is C25H22N2O4. The van der Waals surface area contributed by atoms with Gasteiger partial charge in [0.05, 0.1) is 19.1 Å². The Hall–Kier alpha value is -3.80. The van der Waals surface area contributed by atoms with E-state index < -0.39 is 5.92 Å². The lowest BCUT2D eigenvalue weighted by atomic mass is 9.87. The molecule has 6 nitrogen and oxygen atoms in total. The maximum absolute atomic E-state index is 13.4. The second-order valence-electron chi connectivity index (χ2n) is 7.72. The van der Waals surface area contributed by atoms with Gasteiger partial charge in [0.2, 0.25) is 11.8 Å². The number of anilines is 1. The number of nitrogens with one attached hydrogen (secondary N) is 1. The minimum atomic E-state index is -0.480. The van der Waals surface area contributed by atoms with E-state index in [1.807, 2.05) is 72.8 Å². The highest BCUT2D eigenvalue weighted by atomic mass is 16.5. The van der Waals surface area contributed by atoms with E-state index in [9.17, 15) is 9.59 Å². The number of fused-ring (bicyclic) bond motifs is 2. The number of methoxy groups -OCH3 is 1. The first-order valence-electron chi connectivity index (χ1n) is 10.2. The Bertz CT molecular complexity index is 1100. The molecule has 0 aliphatic carbocycles. The number of para-hydroxylation sites is 2. The summed E-state index contributed by atoms with van der Waals surface area (Å²) in [4.78, 5) is 27.7. The van der Waals surface area contributed by atoms with Crippen LogP contribution in [0.1, 0.15) is 23.5 Å². The van der Waals surface area contributed by atoms with Gasteiger partial charge in [0.1, 0.15) is 17.2 Å². The Morgan fingerprint density at radius 2 is 1.58 bits per heavy atom. The summed E-state index contributed by atoms with van der Waals surface area (Å²) >= 11 is 0. The maximum atomic E-state index is 13.4. The first-order chi connectivity index (χ1) is 15.1. The van der Waals surface area contributed by atoms with Crippen molar-refractivity contribution >= 4 is 17.5 Å². The van der Waals surface area contributed by atoms with Gasteiger partial charge in [-0.25, -0.2) is 0 Å². The first-order valence-corrected chi connectivity index (χ1v) is 10.2. The minimum Gasteiger partial charge on any atom is -0.497 e. The van der Waals surface area contributed by atoms with Crippen LogP contribution in [0.2, 0.25) is 0 Å². The first kappa shape index (κ1) is 19.2. The number of carbonyl (C=O) groups excluding carboxylic acids is 2. The van der Waals surface area contributed by atoms with Crippen LogP contribution in [-0.4, -0.2) is 31.5 Å². The van der Waals surface area contributed by atoms with E-state index in [1.165, 1.54) is 0 Å². The zero-order chi connectivity index (χ0) is 21.4. The van der Waals surface area contributed by atoms with Gasteiger partial charge in [0.25, 0.3) is 0 Å². The number of amides is 2. The average Bonchev–Trinajstić information content (AvgIpc) is 3.17. The number of rotatable bonds is 4. The van der Waals surface area contributed by atoms with Gasteiger partial charge in [-0.1, -0.05) is 36.4 Å². The molecule has 3 aromatic rings. The number of hydrogen-bond acceptors (Lipinski definition) is 4. The van der Waals surface area contributed by atoms with Crippen molar-refractivity contribution in [3.63, 3.8) is 0 Å². The van der Waals surface area contributed by atoms with Gasteiger partial charge in [-0.2, -0.15) is 0 Å². The third kappa shape index (κ3) is 3.50. The quantitative estimate of drug-likeness (QED) is 0.704. The normalized spacial score (nSPS) is 17.5. The molecule has 1 saturated heterocycles. The lowest BCUT2D eigenvalue weighted by Crippen LogP contribution is -2.40. The second kappa shape index (κ2) is 7.80. The summed E-state index contributed by atoms with van der Waals surface area (Å²) < 4.78 is 11.2. The van der Waals surface area contributed by atoms with Gasteiger partial charge >= 0.3 is 0 Å². The molecule has 0 aromatic heterocycles. The Morgan fingerprint density at radius 1 is 0.968 bits per heavy atom. The molecular weight excluding hydrogens is 392 g/mol. The van der Waals surface area contributed by atoms with Crippen molar-refractivity contribution in [1.82, 2.24) is 5.32 Å². The predicted molar refractivity (Wildman–Crippen MR) is 117 cm³/mol. The second-order valence-corrected chi connectivity index (χ2v) is 7.72. The highest BCUT2D eigenvalue weighted by Crippen LogP contribution is 2.44. The third-order valence-electron chi connectivity index (χ3n) is 5.80. The summed E-state index contributed by atoms with van der Waals surface area (Å²) in [6.45, 7) is 0.434. The molecule has 31 heavy (non-hydrogen) atoms. The summed E-state index contributed by atoms with van der Waals surface area (Å²) in [6.07, 6.45) is 0.268.